The maximum absolute atomic E-state index is 12.0. The van der Waals surface area contributed by atoms with Gasteiger partial charge in [0.05, 0.1) is 0 Å². The molecule has 2 rings (SSSR count). The number of hydrogen-bond acceptors (Lipinski definition) is 2. The topological polar surface area (TPSA) is 41.1 Å². The van der Waals surface area contributed by atoms with Crippen LogP contribution in [0.1, 0.15) is 64.2 Å². The standard InChI is InChI=1S/C14H24N2OS/c17-13(14(18)16-12-9-5-6-10-12)15-11-7-3-1-2-4-8-11/h11-12H,1-10H2,(H,15,17)(H,16,18). The summed E-state index contributed by atoms with van der Waals surface area (Å²) in [5, 5.41) is 6.29. The van der Waals surface area contributed by atoms with Gasteiger partial charge in [-0.3, -0.25) is 4.79 Å². The Labute approximate surface area is 115 Å². The molecule has 1 amide bonds. The Balaban J connectivity index is 1.73. The molecule has 2 fully saturated rings. The van der Waals surface area contributed by atoms with E-state index in [1.165, 1.54) is 38.5 Å². The van der Waals surface area contributed by atoms with Gasteiger partial charge in [-0.25, -0.2) is 0 Å². The Kier molecular flexibility index (Phi) is 5.42. The zero-order valence-corrected chi connectivity index (χ0v) is 11.9. The maximum atomic E-state index is 12.0. The highest BCUT2D eigenvalue weighted by atomic mass is 32.1. The average molecular weight is 268 g/mol. The highest BCUT2D eigenvalue weighted by molar-refractivity contribution is 7.82. The zero-order chi connectivity index (χ0) is 12.8. The van der Waals surface area contributed by atoms with Gasteiger partial charge in [0.2, 0.25) is 0 Å². The second-order valence-corrected chi connectivity index (χ2v) is 6.03. The second-order valence-electron chi connectivity index (χ2n) is 5.62. The highest BCUT2D eigenvalue weighted by Crippen LogP contribution is 2.18. The van der Waals surface area contributed by atoms with Crippen LogP contribution in [0.3, 0.4) is 0 Å². The quantitative estimate of drug-likeness (QED) is 0.597. The summed E-state index contributed by atoms with van der Waals surface area (Å²) >= 11 is 5.19. The third kappa shape index (κ3) is 4.23. The van der Waals surface area contributed by atoms with Crippen LogP contribution in [0.25, 0.3) is 0 Å². The summed E-state index contributed by atoms with van der Waals surface area (Å²) < 4.78 is 0. The summed E-state index contributed by atoms with van der Waals surface area (Å²) in [6, 6.07) is 0.765. The molecule has 0 unspecified atom stereocenters. The summed E-state index contributed by atoms with van der Waals surface area (Å²) in [6.07, 6.45) is 12.1. The third-order valence-corrected chi connectivity index (χ3v) is 4.39. The summed E-state index contributed by atoms with van der Waals surface area (Å²) in [5.74, 6) is -0.0659. The fraction of sp³-hybridized carbons (Fsp3) is 0.857. The summed E-state index contributed by atoms with van der Waals surface area (Å²) in [5.41, 5.74) is 0. The van der Waals surface area contributed by atoms with Gasteiger partial charge in [-0.2, -0.15) is 0 Å². The van der Waals surface area contributed by atoms with Crippen molar-refractivity contribution in [3.05, 3.63) is 0 Å². The smallest absolute Gasteiger partial charge is 0.278 e. The van der Waals surface area contributed by atoms with E-state index in [0.29, 0.717) is 17.1 Å². The van der Waals surface area contributed by atoms with Crippen molar-refractivity contribution < 1.29 is 4.79 Å². The van der Waals surface area contributed by atoms with Gasteiger partial charge in [-0.15, -0.1) is 0 Å². The molecule has 0 radical (unpaired) electrons. The van der Waals surface area contributed by atoms with E-state index in [1.807, 2.05) is 0 Å². The lowest BCUT2D eigenvalue weighted by molar-refractivity contribution is -0.115. The van der Waals surface area contributed by atoms with Crippen molar-refractivity contribution in [3.63, 3.8) is 0 Å². The van der Waals surface area contributed by atoms with Crippen molar-refractivity contribution in [1.29, 1.82) is 0 Å². The minimum atomic E-state index is -0.0659. The molecule has 0 aromatic heterocycles. The van der Waals surface area contributed by atoms with Gasteiger partial charge < -0.3 is 10.6 Å². The fourth-order valence-corrected chi connectivity index (χ4v) is 3.22. The number of carbonyl (C=O) groups is 1. The molecule has 0 spiro atoms. The van der Waals surface area contributed by atoms with Crippen LogP contribution >= 0.6 is 12.2 Å². The average Bonchev–Trinajstić information content (AvgIpc) is 2.72. The first-order valence-corrected chi connectivity index (χ1v) is 7.78. The van der Waals surface area contributed by atoms with Crippen molar-refractivity contribution in [2.45, 2.75) is 76.3 Å². The van der Waals surface area contributed by atoms with Crippen molar-refractivity contribution in [3.8, 4) is 0 Å². The predicted octanol–water partition coefficient (Wildman–Crippen LogP) is 2.69. The van der Waals surface area contributed by atoms with Crippen LogP contribution in [0.2, 0.25) is 0 Å². The first-order chi connectivity index (χ1) is 8.75. The fourth-order valence-electron chi connectivity index (χ4n) is 3.00. The first kappa shape index (κ1) is 13.8. The molecule has 0 aromatic rings. The Morgan fingerprint density at radius 1 is 0.778 bits per heavy atom. The minimum Gasteiger partial charge on any atom is -0.369 e. The van der Waals surface area contributed by atoms with E-state index in [-0.39, 0.29) is 5.91 Å². The van der Waals surface area contributed by atoms with Crippen LogP contribution in [-0.4, -0.2) is 23.0 Å². The molecule has 3 nitrogen and oxygen atoms in total. The van der Waals surface area contributed by atoms with Crippen LogP contribution in [0.4, 0.5) is 0 Å². The molecule has 0 bridgehead atoms. The predicted molar refractivity (Wildman–Crippen MR) is 77.6 cm³/mol. The van der Waals surface area contributed by atoms with Gasteiger partial charge in [-0.05, 0) is 25.7 Å². The molecular weight excluding hydrogens is 244 g/mol. The van der Waals surface area contributed by atoms with Crippen LogP contribution in [-0.2, 0) is 4.79 Å². The van der Waals surface area contributed by atoms with Crippen LogP contribution in [0, 0.1) is 0 Å². The summed E-state index contributed by atoms with van der Waals surface area (Å²) in [6.45, 7) is 0. The van der Waals surface area contributed by atoms with Gasteiger partial charge in [0.15, 0.2) is 4.99 Å². The Morgan fingerprint density at radius 2 is 1.22 bits per heavy atom. The number of hydrogen-bond donors (Lipinski definition) is 2. The second kappa shape index (κ2) is 7.07. The SMILES string of the molecule is O=C(NC1CCCCCC1)C(=S)NC1CCCC1. The van der Waals surface area contributed by atoms with Crippen LogP contribution < -0.4 is 10.6 Å². The van der Waals surface area contributed by atoms with Crippen molar-refractivity contribution in [2.75, 3.05) is 0 Å². The molecular formula is C14H24N2OS. The number of carbonyl (C=O) groups excluding carboxylic acids is 1. The minimum absolute atomic E-state index is 0.0659. The molecule has 102 valence electrons. The normalized spacial score (nSPS) is 22.4. The first-order valence-electron chi connectivity index (χ1n) is 7.37. The van der Waals surface area contributed by atoms with E-state index in [1.54, 1.807) is 0 Å². The van der Waals surface area contributed by atoms with Crippen molar-refractivity contribution in [1.82, 2.24) is 10.6 Å². The molecule has 4 heteroatoms. The molecule has 2 N–H and O–H groups in total. The van der Waals surface area contributed by atoms with Gasteiger partial charge in [0.25, 0.3) is 5.91 Å². The van der Waals surface area contributed by atoms with E-state index in [2.05, 4.69) is 10.6 Å². The van der Waals surface area contributed by atoms with Crippen LogP contribution in [0.15, 0.2) is 0 Å². The largest absolute Gasteiger partial charge is 0.369 e. The van der Waals surface area contributed by atoms with E-state index in [4.69, 9.17) is 12.2 Å². The third-order valence-electron chi connectivity index (χ3n) is 4.09. The summed E-state index contributed by atoms with van der Waals surface area (Å²) in [4.78, 5) is 12.4. The van der Waals surface area contributed by atoms with Gasteiger partial charge in [0.1, 0.15) is 0 Å². The molecule has 0 heterocycles. The highest BCUT2D eigenvalue weighted by Gasteiger charge is 2.21. The zero-order valence-electron chi connectivity index (χ0n) is 11.0. The number of rotatable bonds is 2. The molecule has 0 saturated heterocycles. The Hall–Kier alpha value is -0.640. The lowest BCUT2D eigenvalue weighted by Crippen LogP contribution is -2.46. The lowest BCUT2D eigenvalue weighted by atomic mass is 10.1. The number of nitrogens with one attached hydrogen (secondary N) is 2. The molecule has 18 heavy (non-hydrogen) atoms. The van der Waals surface area contributed by atoms with Gasteiger partial charge >= 0.3 is 0 Å². The lowest BCUT2D eigenvalue weighted by Gasteiger charge is -2.19. The van der Waals surface area contributed by atoms with Gasteiger partial charge in [-0.1, -0.05) is 50.7 Å². The molecule has 2 aliphatic rings. The molecule has 0 aromatic carbocycles. The van der Waals surface area contributed by atoms with E-state index in [0.717, 1.165) is 25.7 Å². The maximum Gasteiger partial charge on any atom is 0.278 e. The van der Waals surface area contributed by atoms with Crippen molar-refractivity contribution >= 4 is 23.1 Å². The molecule has 2 saturated carbocycles. The van der Waals surface area contributed by atoms with Gasteiger partial charge in [0, 0.05) is 12.1 Å². The molecule has 2 aliphatic carbocycles. The monoisotopic (exact) mass is 268 g/mol. The molecule has 0 aliphatic heterocycles. The van der Waals surface area contributed by atoms with Crippen LogP contribution in [0.5, 0.6) is 0 Å². The van der Waals surface area contributed by atoms with E-state index in [9.17, 15) is 4.79 Å². The van der Waals surface area contributed by atoms with E-state index >= 15 is 0 Å². The van der Waals surface area contributed by atoms with E-state index < -0.39 is 0 Å². The summed E-state index contributed by atoms with van der Waals surface area (Å²) in [7, 11) is 0. The Morgan fingerprint density at radius 3 is 1.78 bits per heavy atom. The number of amides is 1. The van der Waals surface area contributed by atoms with Crippen molar-refractivity contribution in [2.24, 2.45) is 0 Å². The molecule has 0 atom stereocenters. The Bertz CT molecular complexity index is 292. The number of thiocarbonyl (C=S) groups is 1.